The third-order valence-electron chi connectivity index (χ3n) is 0.229. The Labute approximate surface area is 76.5 Å². The molecule has 0 fully saturated rings. The highest BCUT2D eigenvalue weighted by Gasteiger charge is 1.84. The van der Waals surface area contributed by atoms with E-state index in [0.717, 1.165) is 0 Å². The molecule has 82 valence electrons. The summed E-state index contributed by atoms with van der Waals surface area (Å²) in [6, 6.07) is 0. The first-order chi connectivity index (χ1) is 5.83. The van der Waals surface area contributed by atoms with Gasteiger partial charge in [0.05, 0.1) is 19.8 Å². The summed E-state index contributed by atoms with van der Waals surface area (Å²) in [5.74, 6) is 0. The third-order valence-corrected chi connectivity index (χ3v) is 0.229. The molecule has 0 unspecified atom stereocenters. The molecule has 7 nitrogen and oxygen atoms in total. The zero-order valence-corrected chi connectivity index (χ0v) is 7.68. The van der Waals surface area contributed by atoms with E-state index < -0.39 is 10.4 Å². The van der Waals surface area contributed by atoms with E-state index in [1.807, 2.05) is 0 Å². The number of rotatable bonds is 2. The van der Waals surface area contributed by atoms with Gasteiger partial charge in [-0.15, -0.1) is 6.58 Å². The second-order valence-electron chi connectivity index (χ2n) is 1.37. The molecule has 0 atom stereocenters. The van der Waals surface area contributed by atoms with Gasteiger partial charge in [-0.05, 0) is 0 Å². The Hall–Kier alpha value is -0.510. The predicted octanol–water partition coefficient (Wildman–Crippen LogP) is -1.52. The van der Waals surface area contributed by atoms with Gasteiger partial charge in [-0.1, -0.05) is 6.08 Å². The molecule has 0 bridgehead atoms. The lowest BCUT2D eigenvalue weighted by Gasteiger charge is -1.70. The minimum Gasteiger partial charge on any atom is -0.394 e. The second kappa shape index (κ2) is 14.0. The monoisotopic (exact) mass is 218 g/mol. The van der Waals surface area contributed by atoms with Crippen LogP contribution in [0.2, 0.25) is 0 Å². The predicted molar refractivity (Wildman–Crippen MR) is 45.6 cm³/mol. The van der Waals surface area contributed by atoms with Gasteiger partial charge >= 0.3 is 10.4 Å². The van der Waals surface area contributed by atoms with Gasteiger partial charge in [-0.2, -0.15) is 8.42 Å². The normalized spacial score (nSPS) is 8.69. The first-order valence-corrected chi connectivity index (χ1v) is 4.36. The standard InChI is InChI=1S/C3H6O.C2H6O2.H2O4S/c1-2-3-4;3-1-2-4;1-5(2,3)4/h2,4H,1,3H2;3-4H,1-2H2;(H2,1,2,3,4). The molecule has 0 aromatic rings. The Morgan fingerprint density at radius 2 is 1.23 bits per heavy atom. The van der Waals surface area contributed by atoms with Crippen molar-refractivity contribution in [1.82, 2.24) is 0 Å². The minimum absolute atomic E-state index is 0.0833. The van der Waals surface area contributed by atoms with Crippen LogP contribution in [0.4, 0.5) is 0 Å². The fourth-order valence-electron chi connectivity index (χ4n) is 0. The van der Waals surface area contributed by atoms with Crippen LogP contribution in [0.3, 0.4) is 0 Å². The largest absolute Gasteiger partial charge is 0.394 e. The Kier molecular flexibility index (Phi) is 19.8. The first kappa shape index (κ1) is 18.3. The molecule has 0 rings (SSSR count). The van der Waals surface area contributed by atoms with E-state index in [1.165, 1.54) is 6.08 Å². The Morgan fingerprint density at radius 1 is 1.08 bits per heavy atom. The molecule has 0 aliphatic carbocycles. The van der Waals surface area contributed by atoms with Crippen molar-refractivity contribution >= 4 is 10.4 Å². The molecule has 0 aliphatic heterocycles. The summed E-state index contributed by atoms with van der Waals surface area (Å²) >= 11 is 0. The average molecular weight is 218 g/mol. The molecule has 8 heteroatoms. The highest BCUT2D eigenvalue weighted by molar-refractivity contribution is 7.79. The zero-order chi connectivity index (χ0) is 11.3. The molecule has 0 aromatic heterocycles. The van der Waals surface area contributed by atoms with Crippen molar-refractivity contribution in [3.05, 3.63) is 12.7 Å². The Morgan fingerprint density at radius 3 is 1.23 bits per heavy atom. The fourth-order valence-corrected chi connectivity index (χ4v) is 0. The average Bonchev–Trinajstić information content (AvgIpc) is 2.01. The zero-order valence-electron chi connectivity index (χ0n) is 6.87. The maximum atomic E-state index is 8.74. The first-order valence-electron chi connectivity index (χ1n) is 2.96. The van der Waals surface area contributed by atoms with E-state index in [4.69, 9.17) is 32.8 Å². The third kappa shape index (κ3) is 466. The van der Waals surface area contributed by atoms with E-state index in [9.17, 15) is 0 Å². The summed E-state index contributed by atoms with van der Waals surface area (Å²) < 4.78 is 31.6. The molecule has 0 saturated carbocycles. The molecular weight excluding hydrogens is 204 g/mol. The van der Waals surface area contributed by atoms with Gasteiger partial charge < -0.3 is 15.3 Å². The van der Waals surface area contributed by atoms with Crippen molar-refractivity contribution < 1.29 is 32.8 Å². The Bertz CT molecular complexity index is 163. The molecule has 5 N–H and O–H groups in total. The summed E-state index contributed by atoms with van der Waals surface area (Å²) in [5.41, 5.74) is 0. The SMILES string of the molecule is C=CCO.O=S(=O)(O)O.OCCO. The van der Waals surface area contributed by atoms with Crippen molar-refractivity contribution in [2.45, 2.75) is 0 Å². The number of hydrogen-bond acceptors (Lipinski definition) is 5. The van der Waals surface area contributed by atoms with Crippen LogP contribution < -0.4 is 0 Å². The maximum absolute atomic E-state index is 8.74. The lowest BCUT2D eigenvalue weighted by molar-refractivity contribution is 0.186. The molecule has 0 aromatic carbocycles. The van der Waals surface area contributed by atoms with E-state index in [2.05, 4.69) is 6.58 Å². The van der Waals surface area contributed by atoms with Crippen LogP contribution in [0, 0.1) is 0 Å². The smallest absolute Gasteiger partial charge is 0.394 e. The topological polar surface area (TPSA) is 135 Å². The van der Waals surface area contributed by atoms with Crippen LogP contribution in [0.5, 0.6) is 0 Å². The van der Waals surface area contributed by atoms with Gasteiger partial charge in [0.25, 0.3) is 0 Å². The molecule has 0 spiro atoms. The van der Waals surface area contributed by atoms with Crippen LogP contribution in [-0.4, -0.2) is 52.7 Å². The highest BCUT2D eigenvalue weighted by Crippen LogP contribution is 1.59. The lowest BCUT2D eigenvalue weighted by atomic mass is 10.7. The van der Waals surface area contributed by atoms with Crippen LogP contribution in [0.1, 0.15) is 0 Å². The quantitative estimate of drug-likeness (QED) is 0.280. The molecule has 0 saturated heterocycles. The van der Waals surface area contributed by atoms with Gasteiger partial charge in [0.2, 0.25) is 0 Å². The number of hydrogen-bond donors (Lipinski definition) is 5. The molecule has 13 heavy (non-hydrogen) atoms. The van der Waals surface area contributed by atoms with Crippen LogP contribution >= 0.6 is 0 Å². The summed E-state index contributed by atoms with van der Waals surface area (Å²) in [6.45, 7) is 3.06. The van der Waals surface area contributed by atoms with Crippen molar-refractivity contribution in [2.75, 3.05) is 19.8 Å². The van der Waals surface area contributed by atoms with E-state index in [-0.39, 0.29) is 19.8 Å². The summed E-state index contributed by atoms with van der Waals surface area (Å²) in [4.78, 5) is 0. The number of aliphatic hydroxyl groups excluding tert-OH is 3. The second-order valence-corrected chi connectivity index (χ2v) is 2.26. The molecule has 0 amide bonds. The minimum atomic E-state index is -4.67. The van der Waals surface area contributed by atoms with Crippen LogP contribution in [-0.2, 0) is 10.4 Å². The summed E-state index contributed by atoms with van der Waals surface area (Å²) in [5, 5.41) is 23.0. The molecular formula is C5H14O7S. The van der Waals surface area contributed by atoms with E-state index in [0.29, 0.717) is 0 Å². The van der Waals surface area contributed by atoms with Crippen molar-refractivity contribution in [3.8, 4) is 0 Å². The van der Waals surface area contributed by atoms with Gasteiger partial charge in [-0.3, -0.25) is 9.11 Å². The van der Waals surface area contributed by atoms with Crippen LogP contribution in [0.15, 0.2) is 12.7 Å². The maximum Gasteiger partial charge on any atom is 0.394 e. The molecule has 0 radical (unpaired) electrons. The van der Waals surface area contributed by atoms with E-state index >= 15 is 0 Å². The molecule has 0 aliphatic rings. The lowest BCUT2D eigenvalue weighted by Crippen LogP contribution is -1.89. The van der Waals surface area contributed by atoms with Gasteiger partial charge in [-0.25, -0.2) is 0 Å². The molecule has 0 heterocycles. The van der Waals surface area contributed by atoms with Crippen molar-refractivity contribution in [3.63, 3.8) is 0 Å². The van der Waals surface area contributed by atoms with Gasteiger partial charge in [0, 0.05) is 0 Å². The number of aliphatic hydroxyl groups is 3. The van der Waals surface area contributed by atoms with E-state index in [1.54, 1.807) is 0 Å². The summed E-state index contributed by atoms with van der Waals surface area (Å²) in [6.07, 6.45) is 1.43. The summed E-state index contributed by atoms with van der Waals surface area (Å²) in [7, 11) is -4.67. The van der Waals surface area contributed by atoms with Crippen LogP contribution in [0.25, 0.3) is 0 Å². The Balaban J connectivity index is -0.000000117. The highest BCUT2D eigenvalue weighted by atomic mass is 32.3. The fraction of sp³-hybridized carbons (Fsp3) is 0.600. The van der Waals surface area contributed by atoms with Crippen molar-refractivity contribution in [1.29, 1.82) is 0 Å². The van der Waals surface area contributed by atoms with Gasteiger partial charge in [0.1, 0.15) is 0 Å². The van der Waals surface area contributed by atoms with Gasteiger partial charge in [0.15, 0.2) is 0 Å². The van der Waals surface area contributed by atoms with Crippen molar-refractivity contribution in [2.24, 2.45) is 0 Å².